The zero-order valence-electron chi connectivity index (χ0n) is 23.7. The van der Waals surface area contributed by atoms with Crippen LogP contribution in [0.3, 0.4) is 0 Å². The van der Waals surface area contributed by atoms with E-state index in [0.717, 1.165) is 24.3 Å². The topological polar surface area (TPSA) is 121 Å². The number of fused-ring (bicyclic) bond motifs is 1. The molecule has 2 aromatic carbocycles. The molecule has 4 aromatic rings. The summed E-state index contributed by atoms with van der Waals surface area (Å²) in [5.41, 5.74) is -2.05. The van der Waals surface area contributed by atoms with Crippen LogP contribution in [0.1, 0.15) is 41.3 Å². The number of imidazole rings is 1. The molecule has 0 bridgehead atoms. The summed E-state index contributed by atoms with van der Waals surface area (Å²) in [4.78, 5) is 36.6. The molecule has 2 amide bonds. The number of carbonyl (C=O) groups excluding carboxylic acids is 2. The summed E-state index contributed by atoms with van der Waals surface area (Å²) in [6, 6.07) is 9.44. The fraction of sp³-hybridized carbons (Fsp3) is 0.310. The van der Waals surface area contributed by atoms with E-state index in [1.807, 2.05) is 0 Å². The van der Waals surface area contributed by atoms with Gasteiger partial charge in [0.2, 0.25) is 17.7 Å². The zero-order valence-corrected chi connectivity index (χ0v) is 24.4. The number of carbonyl (C=O) groups is 2. The second-order valence-corrected chi connectivity index (χ2v) is 11.0. The Morgan fingerprint density at radius 2 is 1.74 bits per heavy atom. The molecule has 46 heavy (non-hydrogen) atoms. The number of halogens is 8. The Balaban J connectivity index is 1.35. The monoisotopic (exact) mass is 672 g/mol. The number of aromatic amines is 1. The Bertz CT molecular complexity index is 1770. The fourth-order valence-electron chi connectivity index (χ4n) is 4.59. The third-order valence-electron chi connectivity index (χ3n) is 7.26. The van der Waals surface area contributed by atoms with Gasteiger partial charge in [0.25, 0.3) is 18.3 Å². The molecule has 17 heteroatoms. The fourth-order valence-corrected chi connectivity index (χ4v) is 4.75. The Morgan fingerprint density at radius 1 is 1.04 bits per heavy atom. The minimum Gasteiger partial charge on any atom is -0.471 e. The molecular weight excluding hydrogens is 649 g/mol. The van der Waals surface area contributed by atoms with Gasteiger partial charge in [-0.2, -0.15) is 23.1 Å². The summed E-state index contributed by atoms with van der Waals surface area (Å²) >= 11 is 6.31. The second-order valence-electron chi connectivity index (χ2n) is 10.6. The maximum atomic E-state index is 13.9. The minimum absolute atomic E-state index is 0.00806. The molecule has 0 spiro atoms. The van der Waals surface area contributed by atoms with Crippen LogP contribution in [0.15, 0.2) is 48.5 Å². The predicted octanol–water partition coefficient (Wildman–Crippen LogP) is 7.32. The van der Waals surface area contributed by atoms with Crippen LogP contribution in [0, 0.1) is 5.41 Å². The number of hydrogen-bond donors (Lipinski definition) is 4. The minimum atomic E-state index is -4.59. The van der Waals surface area contributed by atoms with Gasteiger partial charge in [-0.25, -0.2) is 17.6 Å². The summed E-state index contributed by atoms with van der Waals surface area (Å²) in [6.07, 6.45) is -7.32. The van der Waals surface area contributed by atoms with Crippen LogP contribution in [-0.4, -0.2) is 45.7 Å². The van der Waals surface area contributed by atoms with Crippen molar-refractivity contribution in [1.82, 2.24) is 20.3 Å². The van der Waals surface area contributed by atoms with Crippen molar-refractivity contribution in [3.8, 4) is 5.88 Å². The molecule has 1 aliphatic carbocycles. The van der Waals surface area contributed by atoms with E-state index in [4.69, 9.17) is 16.3 Å². The number of pyridine rings is 1. The lowest BCUT2D eigenvalue weighted by Crippen LogP contribution is -2.41. The number of amides is 2. The molecule has 0 unspecified atom stereocenters. The number of benzene rings is 2. The number of nitrogens with one attached hydrogen (secondary N) is 4. The molecular formula is C29H24ClF7N6O3. The molecule has 2 aromatic heterocycles. The van der Waals surface area contributed by atoms with Crippen LogP contribution in [0.4, 0.5) is 48.1 Å². The van der Waals surface area contributed by atoms with Crippen molar-refractivity contribution in [3.63, 3.8) is 0 Å². The number of rotatable bonds is 11. The number of aromatic nitrogens is 3. The van der Waals surface area contributed by atoms with E-state index in [-0.39, 0.29) is 52.8 Å². The average Bonchev–Trinajstić information content (AvgIpc) is 3.71. The normalized spacial score (nSPS) is 14.3. The van der Waals surface area contributed by atoms with Gasteiger partial charge in [0.15, 0.2) is 12.3 Å². The molecule has 2 heterocycles. The number of hydrogen-bond acceptors (Lipinski definition) is 6. The predicted molar refractivity (Wildman–Crippen MR) is 154 cm³/mol. The van der Waals surface area contributed by atoms with Gasteiger partial charge in [-0.05, 0) is 60.9 Å². The molecule has 5 rings (SSSR count). The van der Waals surface area contributed by atoms with Crippen LogP contribution in [-0.2, 0) is 17.5 Å². The third kappa shape index (κ3) is 7.11. The maximum Gasteiger partial charge on any atom is 0.416 e. The summed E-state index contributed by atoms with van der Waals surface area (Å²) in [6.45, 7) is -0.453. The Labute approximate surface area is 260 Å². The van der Waals surface area contributed by atoms with E-state index in [9.17, 15) is 40.3 Å². The van der Waals surface area contributed by atoms with Crippen LogP contribution >= 0.6 is 11.6 Å². The van der Waals surface area contributed by atoms with Gasteiger partial charge in [-0.15, -0.1) is 0 Å². The van der Waals surface area contributed by atoms with Crippen molar-refractivity contribution in [1.29, 1.82) is 0 Å². The Kier molecular flexibility index (Phi) is 8.77. The van der Waals surface area contributed by atoms with Crippen molar-refractivity contribution in [2.45, 2.75) is 44.8 Å². The molecule has 9 nitrogen and oxygen atoms in total. The van der Waals surface area contributed by atoms with E-state index in [1.54, 1.807) is 12.1 Å². The van der Waals surface area contributed by atoms with Crippen molar-refractivity contribution in [2.24, 2.45) is 5.41 Å². The van der Waals surface area contributed by atoms with Gasteiger partial charge in [-0.1, -0.05) is 17.7 Å². The summed E-state index contributed by atoms with van der Waals surface area (Å²) in [7, 11) is 0. The lowest BCUT2D eigenvalue weighted by atomic mass is 9.98. The van der Waals surface area contributed by atoms with Crippen molar-refractivity contribution in [3.05, 3.63) is 70.2 Å². The highest BCUT2D eigenvalue weighted by atomic mass is 35.5. The quantitative estimate of drug-likeness (QED) is 0.124. The molecule has 0 saturated heterocycles. The number of anilines is 3. The first kappa shape index (κ1) is 32.8. The van der Waals surface area contributed by atoms with Crippen LogP contribution < -0.4 is 20.7 Å². The van der Waals surface area contributed by atoms with Crippen LogP contribution in [0.5, 0.6) is 5.88 Å². The third-order valence-corrected chi connectivity index (χ3v) is 7.59. The Morgan fingerprint density at radius 3 is 2.35 bits per heavy atom. The van der Waals surface area contributed by atoms with Crippen LogP contribution in [0.2, 0.25) is 5.02 Å². The summed E-state index contributed by atoms with van der Waals surface area (Å²) in [5, 5.41) is 8.04. The highest BCUT2D eigenvalue weighted by Gasteiger charge is 2.64. The van der Waals surface area contributed by atoms with Crippen molar-refractivity contribution >= 4 is 51.9 Å². The molecule has 0 radical (unpaired) electrons. The summed E-state index contributed by atoms with van der Waals surface area (Å²) < 4.78 is 97.4. The van der Waals surface area contributed by atoms with Gasteiger partial charge in [0.1, 0.15) is 11.0 Å². The molecule has 244 valence electrons. The molecule has 0 atom stereocenters. The largest absolute Gasteiger partial charge is 0.471 e. The van der Waals surface area contributed by atoms with Crippen molar-refractivity contribution < 1.29 is 45.1 Å². The van der Waals surface area contributed by atoms with Crippen molar-refractivity contribution in [2.75, 3.05) is 17.2 Å². The lowest BCUT2D eigenvalue weighted by Gasteiger charge is -2.22. The average molecular weight is 673 g/mol. The lowest BCUT2D eigenvalue weighted by molar-refractivity contribution is -0.141. The van der Waals surface area contributed by atoms with E-state index in [0.29, 0.717) is 18.2 Å². The van der Waals surface area contributed by atoms with E-state index in [1.165, 1.54) is 12.1 Å². The number of alkyl halides is 7. The van der Waals surface area contributed by atoms with E-state index in [2.05, 4.69) is 30.9 Å². The SMILES string of the molecule is CC(F)(F)C1(C(=O)NCc2ccc(Cl)c(Nc3nc4nc(OCC(F)F)c(C(=O)Nc5ccc(C(F)(F)F)cc5)cc4[nH]3)c2)CC1. The maximum absolute atomic E-state index is 13.9. The first-order valence-electron chi connectivity index (χ1n) is 13.6. The molecule has 0 aliphatic heterocycles. The Hall–Kier alpha value is -4.60. The molecule has 1 fully saturated rings. The number of H-pyrrole nitrogens is 1. The first-order chi connectivity index (χ1) is 21.6. The standard InChI is InChI=1S/C29H24ClF7N6O3/c1-27(33,34)28(8-9-28)25(45)38-12-14-2-7-18(30)19(10-14)40-26-41-20-11-17(24(42-22(20)43-26)46-13-21(31)32)23(44)39-16-5-3-15(4-6-16)29(35,36)37/h2-7,10-11,21H,8-9,12-13H2,1H3,(H,38,45)(H,39,44)(H2,40,41,42,43). The van der Waals surface area contributed by atoms with Gasteiger partial charge in [0.05, 0.1) is 21.8 Å². The second kappa shape index (κ2) is 12.3. The summed E-state index contributed by atoms with van der Waals surface area (Å²) in [5.74, 6) is -5.28. The zero-order chi connectivity index (χ0) is 33.4. The van der Waals surface area contributed by atoms with Crippen LogP contribution in [0.25, 0.3) is 11.2 Å². The smallest absolute Gasteiger partial charge is 0.416 e. The number of ether oxygens (including phenoxy) is 1. The highest BCUT2D eigenvalue weighted by Crippen LogP contribution is 2.56. The van der Waals surface area contributed by atoms with Gasteiger partial charge < -0.3 is 25.7 Å². The van der Waals surface area contributed by atoms with E-state index >= 15 is 0 Å². The number of nitrogens with zero attached hydrogens (tertiary/aromatic N) is 2. The van der Waals surface area contributed by atoms with Gasteiger partial charge in [-0.3, -0.25) is 9.59 Å². The molecule has 4 N–H and O–H groups in total. The molecule has 1 saturated carbocycles. The first-order valence-corrected chi connectivity index (χ1v) is 14.0. The van der Waals surface area contributed by atoms with Gasteiger partial charge in [0, 0.05) is 19.2 Å². The van der Waals surface area contributed by atoms with E-state index < -0.39 is 53.8 Å². The van der Waals surface area contributed by atoms with Gasteiger partial charge >= 0.3 is 6.18 Å². The molecule has 1 aliphatic rings. The highest BCUT2D eigenvalue weighted by molar-refractivity contribution is 6.33.